The SMILES string of the molecule is CN1C(=O)N(CCCc2ccncc2)C(=O)C12CCN(Cc1cc3ccccc3o1)CC2. The van der Waals surface area contributed by atoms with Crippen molar-refractivity contribution in [2.75, 3.05) is 26.7 Å². The second-order valence-electron chi connectivity index (χ2n) is 8.82. The van der Waals surface area contributed by atoms with E-state index in [9.17, 15) is 9.59 Å². The van der Waals surface area contributed by atoms with Crippen LogP contribution in [-0.2, 0) is 17.8 Å². The summed E-state index contributed by atoms with van der Waals surface area (Å²) in [5.74, 6) is 0.894. The number of para-hydroxylation sites is 1. The van der Waals surface area contributed by atoms with Crippen molar-refractivity contribution in [2.24, 2.45) is 0 Å². The molecule has 2 aromatic heterocycles. The van der Waals surface area contributed by atoms with Gasteiger partial charge in [-0.05, 0) is 55.5 Å². The molecule has 3 aromatic rings. The molecule has 166 valence electrons. The predicted molar refractivity (Wildman–Crippen MR) is 121 cm³/mol. The van der Waals surface area contributed by atoms with Crippen LogP contribution in [-0.4, -0.2) is 63.8 Å². The standard InChI is InChI=1S/C25H28N4O3/c1-27-24(31)29(14-4-5-19-8-12-26-13-9-19)23(30)25(27)10-15-28(16-11-25)18-21-17-20-6-2-3-7-22(20)32-21/h2-3,6-9,12-13,17H,4-5,10-11,14-16,18H2,1H3. The first-order chi connectivity index (χ1) is 15.6. The van der Waals surface area contributed by atoms with Crippen molar-refractivity contribution in [3.05, 3.63) is 66.2 Å². The number of pyridine rings is 1. The van der Waals surface area contributed by atoms with Crippen LogP contribution in [0.5, 0.6) is 0 Å². The summed E-state index contributed by atoms with van der Waals surface area (Å²) < 4.78 is 5.96. The monoisotopic (exact) mass is 432 g/mol. The Balaban J connectivity index is 1.20. The Hall–Kier alpha value is -3.19. The van der Waals surface area contributed by atoms with Crippen LogP contribution in [0.2, 0.25) is 0 Å². The molecule has 0 unspecified atom stereocenters. The number of hydrogen-bond acceptors (Lipinski definition) is 5. The molecule has 0 saturated carbocycles. The zero-order valence-electron chi connectivity index (χ0n) is 18.4. The number of fused-ring (bicyclic) bond motifs is 1. The molecule has 3 amide bonds. The molecule has 1 spiro atoms. The average Bonchev–Trinajstić information content (AvgIpc) is 3.30. The Labute approximate surface area is 187 Å². The fourth-order valence-electron chi connectivity index (χ4n) is 5.00. The maximum Gasteiger partial charge on any atom is 0.327 e. The number of aryl methyl sites for hydroxylation is 1. The second-order valence-corrected chi connectivity index (χ2v) is 8.82. The molecular formula is C25H28N4O3. The zero-order chi connectivity index (χ0) is 22.1. The van der Waals surface area contributed by atoms with E-state index < -0.39 is 5.54 Å². The fourth-order valence-corrected chi connectivity index (χ4v) is 5.00. The minimum atomic E-state index is -0.710. The summed E-state index contributed by atoms with van der Waals surface area (Å²) in [4.78, 5) is 35.7. The number of hydrogen-bond donors (Lipinski definition) is 0. The van der Waals surface area contributed by atoms with Crippen LogP contribution < -0.4 is 0 Å². The quantitative estimate of drug-likeness (QED) is 0.556. The first kappa shape index (κ1) is 20.7. The number of amides is 3. The molecule has 4 heterocycles. The molecule has 7 heteroatoms. The summed E-state index contributed by atoms with van der Waals surface area (Å²) in [6.45, 7) is 2.68. The number of carbonyl (C=O) groups excluding carboxylic acids is 2. The van der Waals surface area contributed by atoms with Gasteiger partial charge in [0.1, 0.15) is 16.9 Å². The van der Waals surface area contributed by atoms with Gasteiger partial charge in [-0.25, -0.2) is 4.79 Å². The molecular weight excluding hydrogens is 404 g/mol. The van der Waals surface area contributed by atoms with Gasteiger partial charge in [0.25, 0.3) is 5.91 Å². The van der Waals surface area contributed by atoms with Gasteiger partial charge in [0.15, 0.2) is 0 Å². The summed E-state index contributed by atoms with van der Waals surface area (Å²) in [7, 11) is 1.78. The number of rotatable bonds is 6. The summed E-state index contributed by atoms with van der Waals surface area (Å²) >= 11 is 0. The Kier molecular flexibility index (Phi) is 5.43. The van der Waals surface area contributed by atoms with E-state index in [1.807, 2.05) is 30.3 Å². The van der Waals surface area contributed by atoms with Gasteiger partial charge in [0.2, 0.25) is 0 Å². The van der Waals surface area contributed by atoms with Crippen LogP contribution in [0.1, 0.15) is 30.6 Å². The van der Waals surface area contributed by atoms with E-state index in [-0.39, 0.29) is 11.9 Å². The number of imide groups is 1. The van der Waals surface area contributed by atoms with Crippen LogP contribution in [0.3, 0.4) is 0 Å². The predicted octanol–water partition coefficient (Wildman–Crippen LogP) is 3.69. The van der Waals surface area contributed by atoms with Gasteiger partial charge in [-0.1, -0.05) is 18.2 Å². The number of aromatic nitrogens is 1. The molecule has 7 nitrogen and oxygen atoms in total. The fraction of sp³-hybridized carbons (Fsp3) is 0.400. The molecule has 32 heavy (non-hydrogen) atoms. The van der Waals surface area contributed by atoms with Crippen LogP contribution >= 0.6 is 0 Å². The molecule has 2 saturated heterocycles. The summed E-state index contributed by atoms with van der Waals surface area (Å²) in [5.41, 5.74) is 1.36. The molecule has 1 aromatic carbocycles. The van der Waals surface area contributed by atoms with Gasteiger partial charge in [-0.3, -0.25) is 19.6 Å². The first-order valence-electron chi connectivity index (χ1n) is 11.3. The lowest BCUT2D eigenvalue weighted by molar-refractivity contribution is -0.135. The van der Waals surface area contributed by atoms with Crippen LogP contribution in [0.15, 0.2) is 59.3 Å². The molecule has 2 aliphatic heterocycles. The maximum absolute atomic E-state index is 13.3. The summed E-state index contributed by atoms with van der Waals surface area (Å²) in [6, 6.07) is 13.9. The van der Waals surface area contributed by atoms with Gasteiger partial charge in [0.05, 0.1) is 6.54 Å². The highest BCUT2D eigenvalue weighted by molar-refractivity contribution is 6.07. The van der Waals surface area contributed by atoms with E-state index in [4.69, 9.17) is 4.42 Å². The van der Waals surface area contributed by atoms with E-state index in [0.717, 1.165) is 42.7 Å². The molecule has 2 fully saturated rings. The lowest BCUT2D eigenvalue weighted by Gasteiger charge is -2.40. The normalized spacial score (nSPS) is 18.9. The van der Waals surface area contributed by atoms with Gasteiger partial charge >= 0.3 is 6.03 Å². The van der Waals surface area contributed by atoms with E-state index in [0.29, 0.717) is 25.9 Å². The number of carbonyl (C=O) groups is 2. The van der Waals surface area contributed by atoms with Crippen molar-refractivity contribution in [1.29, 1.82) is 0 Å². The van der Waals surface area contributed by atoms with E-state index in [1.54, 1.807) is 24.3 Å². The minimum absolute atomic E-state index is 0.0388. The van der Waals surface area contributed by atoms with E-state index in [2.05, 4.69) is 22.0 Å². The van der Waals surface area contributed by atoms with Crippen LogP contribution in [0, 0.1) is 0 Å². The highest BCUT2D eigenvalue weighted by Crippen LogP contribution is 2.36. The molecule has 0 atom stereocenters. The van der Waals surface area contributed by atoms with E-state index >= 15 is 0 Å². The largest absolute Gasteiger partial charge is 0.460 e. The smallest absolute Gasteiger partial charge is 0.327 e. The summed E-state index contributed by atoms with van der Waals surface area (Å²) in [6.07, 6.45) is 6.41. The third-order valence-corrected chi connectivity index (χ3v) is 6.94. The van der Waals surface area contributed by atoms with Crippen molar-refractivity contribution in [1.82, 2.24) is 19.7 Å². The van der Waals surface area contributed by atoms with Crippen molar-refractivity contribution in [3.63, 3.8) is 0 Å². The second kappa shape index (κ2) is 8.39. The number of nitrogens with zero attached hydrogens (tertiary/aromatic N) is 4. The lowest BCUT2D eigenvalue weighted by Crippen LogP contribution is -2.55. The molecule has 5 rings (SSSR count). The number of urea groups is 1. The minimum Gasteiger partial charge on any atom is -0.460 e. The zero-order valence-corrected chi connectivity index (χ0v) is 18.4. The molecule has 0 aliphatic carbocycles. The van der Waals surface area contributed by atoms with Gasteiger partial charge in [-0.15, -0.1) is 0 Å². The summed E-state index contributed by atoms with van der Waals surface area (Å²) in [5, 5.41) is 1.11. The topological polar surface area (TPSA) is 69.9 Å². The molecule has 0 bridgehead atoms. The molecule has 2 aliphatic rings. The van der Waals surface area contributed by atoms with E-state index in [1.165, 1.54) is 10.5 Å². The number of piperidine rings is 1. The van der Waals surface area contributed by atoms with Crippen LogP contribution in [0.25, 0.3) is 11.0 Å². The first-order valence-corrected chi connectivity index (χ1v) is 11.3. The average molecular weight is 433 g/mol. The Morgan fingerprint density at radius 2 is 1.81 bits per heavy atom. The third kappa shape index (κ3) is 3.66. The number of furan rings is 1. The van der Waals surface area contributed by atoms with Gasteiger partial charge in [-0.2, -0.15) is 0 Å². The van der Waals surface area contributed by atoms with Crippen molar-refractivity contribution < 1.29 is 14.0 Å². The molecule has 0 N–H and O–H groups in total. The highest BCUT2D eigenvalue weighted by Gasteiger charge is 2.56. The number of likely N-dealkylation sites (tertiary alicyclic amines) is 1. The Morgan fingerprint density at radius 3 is 2.56 bits per heavy atom. The van der Waals surface area contributed by atoms with Gasteiger partial charge in [0, 0.05) is 44.5 Å². The highest BCUT2D eigenvalue weighted by atomic mass is 16.3. The van der Waals surface area contributed by atoms with Crippen molar-refractivity contribution >= 4 is 22.9 Å². The maximum atomic E-state index is 13.3. The van der Waals surface area contributed by atoms with Gasteiger partial charge < -0.3 is 9.32 Å². The Bertz CT molecular complexity index is 1090. The third-order valence-electron chi connectivity index (χ3n) is 6.94. The lowest BCUT2D eigenvalue weighted by atomic mass is 9.86. The number of benzene rings is 1. The Morgan fingerprint density at radius 1 is 1.06 bits per heavy atom. The van der Waals surface area contributed by atoms with Crippen molar-refractivity contribution in [3.8, 4) is 0 Å². The van der Waals surface area contributed by atoms with Crippen LogP contribution in [0.4, 0.5) is 4.79 Å². The molecule has 0 radical (unpaired) electrons. The number of likely N-dealkylation sites (N-methyl/N-ethyl adjacent to an activating group) is 1. The van der Waals surface area contributed by atoms with Crippen molar-refractivity contribution in [2.45, 2.75) is 37.8 Å².